The molecule has 0 spiro atoms. The second-order valence-electron chi connectivity index (χ2n) is 6.93. The number of fused-ring (bicyclic) bond motifs is 1. The zero-order valence-electron chi connectivity index (χ0n) is 16.7. The zero-order chi connectivity index (χ0) is 20.8. The molecular weight excluding hydrogens is 372 g/mol. The number of carbonyl (C=O) groups excluding carboxylic acids is 1. The van der Waals surface area contributed by atoms with Crippen LogP contribution in [-0.4, -0.2) is 37.2 Å². The topological polar surface area (TPSA) is 88.1 Å². The number of anilines is 2. The van der Waals surface area contributed by atoms with E-state index < -0.39 is 5.97 Å². The zero-order valence-corrected chi connectivity index (χ0v) is 16.7. The third kappa shape index (κ3) is 4.99. The highest BCUT2D eigenvalue weighted by Crippen LogP contribution is 2.32. The summed E-state index contributed by atoms with van der Waals surface area (Å²) in [6.07, 6.45) is 2.15. The first kappa shape index (κ1) is 20.5. The number of nitrogens with zero attached hydrogens (tertiary/aromatic N) is 1. The van der Waals surface area contributed by atoms with Crippen LogP contribution < -0.4 is 19.7 Å². The summed E-state index contributed by atoms with van der Waals surface area (Å²) in [6.45, 7) is 3.50. The highest BCUT2D eigenvalue weighted by molar-refractivity contribution is 5.98. The summed E-state index contributed by atoms with van der Waals surface area (Å²) in [4.78, 5) is 25.9. The lowest BCUT2D eigenvalue weighted by molar-refractivity contribution is -0.116. The number of aromatic carboxylic acids is 1. The average Bonchev–Trinajstić information content (AvgIpc) is 2.93. The third-order valence-corrected chi connectivity index (χ3v) is 4.86. The van der Waals surface area contributed by atoms with E-state index in [1.165, 1.54) is 6.07 Å². The van der Waals surface area contributed by atoms with Gasteiger partial charge in [0.1, 0.15) is 18.1 Å². The molecule has 0 saturated heterocycles. The molecule has 1 heterocycles. The van der Waals surface area contributed by atoms with Gasteiger partial charge in [-0.05, 0) is 36.8 Å². The molecule has 0 fully saturated rings. The predicted molar refractivity (Wildman–Crippen MR) is 111 cm³/mol. The molecule has 2 aromatic carbocycles. The Labute approximate surface area is 170 Å². The Morgan fingerprint density at radius 1 is 1.24 bits per heavy atom. The Kier molecular flexibility index (Phi) is 6.59. The largest absolute Gasteiger partial charge is 0.497 e. The van der Waals surface area contributed by atoms with Crippen molar-refractivity contribution in [1.82, 2.24) is 0 Å². The van der Waals surface area contributed by atoms with Crippen LogP contribution in [0.1, 0.15) is 42.1 Å². The Balaban J connectivity index is 1.85. The van der Waals surface area contributed by atoms with Gasteiger partial charge in [-0.2, -0.15) is 0 Å². The maximum absolute atomic E-state index is 12.0. The van der Waals surface area contributed by atoms with Gasteiger partial charge in [0, 0.05) is 30.3 Å². The van der Waals surface area contributed by atoms with Gasteiger partial charge in [-0.25, -0.2) is 4.79 Å². The van der Waals surface area contributed by atoms with E-state index in [1.807, 2.05) is 30.0 Å². The number of carboxylic acids is 1. The number of methoxy groups -OCH3 is 1. The van der Waals surface area contributed by atoms with Crippen molar-refractivity contribution in [2.45, 2.75) is 32.7 Å². The van der Waals surface area contributed by atoms with Crippen molar-refractivity contribution in [1.29, 1.82) is 0 Å². The van der Waals surface area contributed by atoms with Crippen LogP contribution >= 0.6 is 0 Å². The Bertz CT molecular complexity index is 897. The van der Waals surface area contributed by atoms with Crippen LogP contribution in [0.5, 0.6) is 11.5 Å². The van der Waals surface area contributed by atoms with Crippen molar-refractivity contribution < 1.29 is 24.2 Å². The van der Waals surface area contributed by atoms with E-state index in [-0.39, 0.29) is 11.5 Å². The number of hydrogen-bond acceptors (Lipinski definition) is 5. The van der Waals surface area contributed by atoms with E-state index in [2.05, 4.69) is 5.32 Å². The molecule has 0 aromatic heterocycles. The maximum atomic E-state index is 12.0. The molecule has 0 bridgehead atoms. The standard InChI is InChI=1S/C22H26N2O5/c1-3-4-5-21(25)23-16-7-9-19(18(12-16)22(26)27)24-10-11-29-20-13-17(28-2)8-6-15(20)14-24/h6-9,12-13H,3-5,10-11,14H2,1-2H3,(H,23,25)(H,26,27). The van der Waals surface area contributed by atoms with Crippen LogP contribution in [0.4, 0.5) is 11.4 Å². The molecule has 0 radical (unpaired) electrons. The molecule has 1 aliphatic rings. The highest BCUT2D eigenvalue weighted by atomic mass is 16.5. The van der Waals surface area contributed by atoms with E-state index in [9.17, 15) is 14.7 Å². The first-order chi connectivity index (χ1) is 14.0. The summed E-state index contributed by atoms with van der Waals surface area (Å²) in [5.74, 6) is 0.307. The molecule has 0 saturated carbocycles. The number of benzene rings is 2. The minimum Gasteiger partial charge on any atom is -0.497 e. The van der Waals surface area contributed by atoms with Crippen LogP contribution in [0.3, 0.4) is 0 Å². The number of unbranched alkanes of at least 4 members (excludes halogenated alkanes) is 1. The fraction of sp³-hybridized carbons (Fsp3) is 0.364. The lowest BCUT2D eigenvalue weighted by Crippen LogP contribution is -2.27. The van der Waals surface area contributed by atoms with Crippen molar-refractivity contribution in [3.05, 3.63) is 47.5 Å². The van der Waals surface area contributed by atoms with Gasteiger partial charge >= 0.3 is 5.97 Å². The number of nitrogens with one attached hydrogen (secondary N) is 1. The van der Waals surface area contributed by atoms with Crippen molar-refractivity contribution in [3.8, 4) is 11.5 Å². The van der Waals surface area contributed by atoms with Crippen LogP contribution in [0.15, 0.2) is 36.4 Å². The molecule has 0 aliphatic carbocycles. The number of hydrogen-bond donors (Lipinski definition) is 2. The van der Waals surface area contributed by atoms with Gasteiger partial charge in [0.25, 0.3) is 0 Å². The molecule has 29 heavy (non-hydrogen) atoms. The molecule has 2 N–H and O–H groups in total. The van der Waals surface area contributed by atoms with Gasteiger partial charge in [-0.1, -0.05) is 13.3 Å². The number of rotatable bonds is 7. The van der Waals surface area contributed by atoms with Crippen LogP contribution in [0.2, 0.25) is 0 Å². The summed E-state index contributed by atoms with van der Waals surface area (Å²) in [6, 6.07) is 10.6. The molecule has 0 atom stereocenters. The van der Waals surface area contributed by atoms with Crippen molar-refractivity contribution in [2.75, 3.05) is 30.5 Å². The molecule has 154 valence electrons. The second-order valence-corrected chi connectivity index (χ2v) is 6.93. The molecule has 7 nitrogen and oxygen atoms in total. The van der Waals surface area contributed by atoms with E-state index in [0.717, 1.165) is 24.2 Å². The SMILES string of the molecule is CCCCC(=O)Nc1ccc(N2CCOc3cc(OC)ccc3C2)c(C(=O)O)c1. The molecule has 1 aliphatic heterocycles. The Morgan fingerprint density at radius 3 is 2.79 bits per heavy atom. The van der Waals surface area contributed by atoms with E-state index in [4.69, 9.17) is 9.47 Å². The monoisotopic (exact) mass is 398 g/mol. The smallest absolute Gasteiger partial charge is 0.337 e. The second kappa shape index (κ2) is 9.32. The minimum atomic E-state index is -1.04. The first-order valence-electron chi connectivity index (χ1n) is 9.73. The number of ether oxygens (including phenoxy) is 2. The molecular formula is C22H26N2O5. The third-order valence-electron chi connectivity index (χ3n) is 4.86. The molecule has 3 rings (SSSR count). The van der Waals surface area contributed by atoms with Crippen LogP contribution in [0, 0.1) is 0 Å². The fourth-order valence-corrected chi connectivity index (χ4v) is 3.30. The maximum Gasteiger partial charge on any atom is 0.337 e. The van der Waals surface area contributed by atoms with Crippen LogP contribution in [-0.2, 0) is 11.3 Å². The molecule has 0 unspecified atom stereocenters. The number of carboxylic acid groups (broad SMARTS) is 1. The van der Waals surface area contributed by atoms with E-state index in [1.54, 1.807) is 19.2 Å². The summed E-state index contributed by atoms with van der Waals surface area (Å²) in [5, 5.41) is 12.5. The lowest BCUT2D eigenvalue weighted by Gasteiger charge is -2.24. The van der Waals surface area contributed by atoms with Gasteiger partial charge in [-0.15, -0.1) is 0 Å². The van der Waals surface area contributed by atoms with Crippen LogP contribution in [0.25, 0.3) is 0 Å². The van der Waals surface area contributed by atoms with Gasteiger partial charge in [0.2, 0.25) is 5.91 Å². The van der Waals surface area contributed by atoms with Crippen molar-refractivity contribution >= 4 is 23.3 Å². The van der Waals surface area contributed by atoms with Gasteiger partial charge in [-0.3, -0.25) is 4.79 Å². The molecule has 7 heteroatoms. The van der Waals surface area contributed by atoms with Crippen molar-refractivity contribution in [3.63, 3.8) is 0 Å². The molecule has 2 aromatic rings. The van der Waals surface area contributed by atoms with Gasteiger partial charge in [0.05, 0.1) is 24.9 Å². The average molecular weight is 398 g/mol. The summed E-state index contributed by atoms with van der Waals surface area (Å²) >= 11 is 0. The van der Waals surface area contributed by atoms with Crippen molar-refractivity contribution in [2.24, 2.45) is 0 Å². The number of amides is 1. The quantitative estimate of drug-likeness (QED) is 0.735. The minimum absolute atomic E-state index is 0.109. The first-order valence-corrected chi connectivity index (χ1v) is 9.73. The van der Waals surface area contributed by atoms with E-state index >= 15 is 0 Å². The lowest BCUT2D eigenvalue weighted by atomic mass is 10.1. The molecule has 1 amide bonds. The predicted octanol–water partition coefficient (Wildman–Crippen LogP) is 3.92. The normalized spacial score (nSPS) is 13.1. The summed E-state index contributed by atoms with van der Waals surface area (Å²) in [7, 11) is 1.60. The number of carbonyl (C=O) groups is 2. The van der Waals surface area contributed by atoms with Gasteiger partial charge in [0.15, 0.2) is 0 Å². The van der Waals surface area contributed by atoms with Gasteiger partial charge < -0.3 is 24.8 Å². The summed E-state index contributed by atoms with van der Waals surface area (Å²) in [5.41, 5.74) is 2.19. The van der Waals surface area contributed by atoms with E-state index in [0.29, 0.717) is 43.2 Å². The Hall–Kier alpha value is -3.22. The highest BCUT2D eigenvalue weighted by Gasteiger charge is 2.21. The summed E-state index contributed by atoms with van der Waals surface area (Å²) < 4.78 is 11.1. The fourth-order valence-electron chi connectivity index (χ4n) is 3.30. The Morgan fingerprint density at radius 2 is 2.07 bits per heavy atom.